The third-order valence-corrected chi connectivity index (χ3v) is 5.68. The summed E-state index contributed by atoms with van der Waals surface area (Å²) in [7, 11) is 0. The summed E-state index contributed by atoms with van der Waals surface area (Å²) in [5, 5.41) is 7.26. The van der Waals surface area contributed by atoms with Crippen molar-refractivity contribution in [3.05, 3.63) is 75.9 Å². The van der Waals surface area contributed by atoms with Crippen molar-refractivity contribution >= 4 is 34.2 Å². The zero-order chi connectivity index (χ0) is 24.6. The molecule has 0 unspecified atom stereocenters. The van der Waals surface area contributed by atoms with Crippen molar-refractivity contribution < 1.29 is 22.7 Å². The lowest BCUT2D eigenvalue weighted by Gasteiger charge is -2.13. The number of carbonyl (C=O) groups excluding carboxylic acids is 1. The third kappa shape index (κ3) is 4.70. The number of aromatic nitrogens is 3. The fourth-order valence-electron chi connectivity index (χ4n) is 3.50. The quantitative estimate of drug-likeness (QED) is 0.372. The number of ether oxygens (including phenoxy) is 1. The van der Waals surface area contributed by atoms with E-state index in [2.05, 4.69) is 15.4 Å². The number of rotatable bonds is 5. The molecule has 176 valence electrons. The van der Waals surface area contributed by atoms with E-state index in [1.807, 2.05) is 19.1 Å². The smallest absolute Gasteiger partial charge is 0.417 e. The molecule has 0 aliphatic rings. The number of pyridine rings is 1. The first-order chi connectivity index (χ1) is 16.0. The van der Waals surface area contributed by atoms with Gasteiger partial charge in [0.05, 0.1) is 22.3 Å². The first-order valence-electron chi connectivity index (χ1n) is 10.3. The standard InChI is InChI=1S/C24H20ClF3N4O2/c1-13-7-9-16(10-8-13)32-23-22(15(3)31-32)17(24(26,27)28)11-21(30-23)34-12-20(33)29-19-6-4-5-18(25)14(19)2/h4-11H,12H2,1-3H3,(H,29,33). The van der Waals surface area contributed by atoms with Crippen LogP contribution in [0, 0.1) is 20.8 Å². The predicted molar refractivity (Wildman–Crippen MR) is 124 cm³/mol. The Labute approximate surface area is 198 Å². The number of nitrogens with one attached hydrogen (secondary N) is 1. The Morgan fingerprint density at radius 3 is 2.50 bits per heavy atom. The lowest BCUT2D eigenvalue weighted by molar-refractivity contribution is -0.136. The molecule has 0 radical (unpaired) electrons. The Kier molecular flexibility index (Phi) is 6.22. The summed E-state index contributed by atoms with van der Waals surface area (Å²) in [6.45, 7) is 4.58. The summed E-state index contributed by atoms with van der Waals surface area (Å²) < 4.78 is 48.4. The topological polar surface area (TPSA) is 69.0 Å². The van der Waals surface area contributed by atoms with Gasteiger partial charge in [0.25, 0.3) is 5.91 Å². The SMILES string of the molecule is Cc1ccc(-n2nc(C)c3c(C(F)(F)F)cc(OCC(=O)Nc4cccc(Cl)c4C)nc32)cc1. The molecular formula is C24H20ClF3N4O2. The molecule has 4 rings (SSSR count). The van der Waals surface area contributed by atoms with Gasteiger partial charge in [-0.2, -0.15) is 23.3 Å². The monoisotopic (exact) mass is 488 g/mol. The number of fused-ring (bicyclic) bond motifs is 1. The molecule has 10 heteroatoms. The second kappa shape index (κ2) is 8.98. The van der Waals surface area contributed by atoms with Crippen LogP contribution in [0.1, 0.15) is 22.4 Å². The molecule has 1 N–H and O–H groups in total. The molecular weight excluding hydrogens is 469 g/mol. The molecule has 0 saturated carbocycles. The highest BCUT2D eigenvalue weighted by Gasteiger charge is 2.36. The fourth-order valence-corrected chi connectivity index (χ4v) is 3.67. The normalized spacial score (nSPS) is 11.6. The molecule has 0 spiro atoms. The van der Waals surface area contributed by atoms with Crippen molar-refractivity contribution in [3.8, 4) is 11.6 Å². The van der Waals surface area contributed by atoms with E-state index in [1.165, 1.54) is 11.6 Å². The van der Waals surface area contributed by atoms with E-state index in [0.29, 0.717) is 22.0 Å². The van der Waals surface area contributed by atoms with Gasteiger partial charge in [-0.15, -0.1) is 0 Å². The summed E-state index contributed by atoms with van der Waals surface area (Å²) in [5.74, 6) is -0.907. The summed E-state index contributed by atoms with van der Waals surface area (Å²) in [6, 6.07) is 12.9. The molecule has 0 fully saturated rings. The maximum absolute atomic E-state index is 13.9. The number of amides is 1. The highest BCUT2D eigenvalue weighted by Crippen LogP contribution is 2.38. The number of hydrogen-bond donors (Lipinski definition) is 1. The van der Waals surface area contributed by atoms with Crippen LogP contribution in [0.15, 0.2) is 48.5 Å². The van der Waals surface area contributed by atoms with Gasteiger partial charge in [-0.25, -0.2) is 4.68 Å². The molecule has 6 nitrogen and oxygen atoms in total. The lowest BCUT2D eigenvalue weighted by atomic mass is 10.1. The van der Waals surface area contributed by atoms with E-state index < -0.39 is 24.3 Å². The van der Waals surface area contributed by atoms with Crippen LogP contribution in [0.4, 0.5) is 18.9 Å². The van der Waals surface area contributed by atoms with E-state index in [4.69, 9.17) is 16.3 Å². The first-order valence-corrected chi connectivity index (χ1v) is 10.6. The lowest BCUT2D eigenvalue weighted by Crippen LogP contribution is -2.21. The number of benzene rings is 2. The fraction of sp³-hybridized carbons (Fsp3) is 0.208. The Morgan fingerprint density at radius 2 is 1.82 bits per heavy atom. The highest BCUT2D eigenvalue weighted by molar-refractivity contribution is 6.31. The van der Waals surface area contributed by atoms with Crippen LogP contribution >= 0.6 is 11.6 Å². The Morgan fingerprint density at radius 1 is 1.12 bits per heavy atom. The average Bonchev–Trinajstić information content (AvgIpc) is 3.11. The predicted octanol–water partition coefficient (Wildman–Crippen LogP) is 6.04. The van der Waals surface area contributed by atoms with Crippen LogP contribution in [-0.4, -0.2) is 27.3 Å². The molecule has 0 bridgehead atoms. The summed E-state index contributed by atoms with van der Waals surface area (Å²) >= 11 is 6.05. The third-order valence-electron chi connectivity index (χ3n) is 5.27. The molecule has 1 amide bonds. The maximum Gasteiger partial charge on any atom is 0.417 e. The van der Waals surface area contributed by atoms with Crippen molar-refractivity contribution in [1.29, 1.82) is 0 Å². The van der Waals surface area contributed by atoms with Crippen LogP contribution in [0.2, 0.25) is 5.02 Å². The molecule has 2 aromatic heterocycles. The number of nitrogens with zero attached hydrogens (tertiary/aromatic N) is 3. The van der Waals surface area contributed by atoms with Gasteiger partial charge in [0.15, 0.2) is 12.3 Å². The summed E-state index contributed by atoms with van der Waals surface area (Å²) in [4.78, 5) is 16.6. The molecule has 0 atom stereocenters. The minimum absolute atomic E-state index is 0.0164. The van der Waals surface area contributed by atoms with Gasteiger partial charge in [0.2, 0.25) is 5.88 Å². The number of aryl methyl sites for hydroxylation is 2. The van der Waals surface area contributed by atoms with Crippen molar-refractivity contribution in [3.63, 3.8) is 0 Å². The van der Waals surface area contributed by atoms with Crippen molar-refractivity contribution in [2.45, 2.75) is 26.9 Å². The van der Waals surface area contributed by atoms with Gasteiger partial charge < -0.3 is 10.1 Å². The van der Waals surface area contributed by atoms with Gasteiger partial charge >= 0.3 is 6.18 Å². The molecule has 2 aromatic carbocycles. The van der Waals surface area contributed by atoms with Crippen LogP contribution < -0.4 is 10.1 Å². The van der Waals surface area contributed by atoms with Crippen LogP contribution in [0.5, 0.6) is 5.88 Å². The van der Waals surface area contributed by atoms with E-state index in [0.717, 1.165) is 11.6 Å². The van der Waals surface area contributed by atoms with E-state index in [-0.39, 0.29) is 22.6 Å². The van der Waals surface area contributed by atoms with Crippen molar-refractivity contribution in [2.75, 3.05) is 11.9 Å². The minimum Gasteiger partial charge on any atom is -0.467 e. The second-order valence-corrected chi connectivity index (χ2v) is 8.19. The molecule has 0 saturated heterocycles. The highest BCUT2D eigenvalue weighted by atomic mass is 35.5. The summed E-state index contributed by atoms with van der Waals surface area (Å²) in [5.41, 5.74) is 1.91. The summed E-state index contributed by atoms with van der Waals surface area (Å²) in [6.07, 6.45) is -4.68. The Bertz CT molecular complexity index is 1380. The average molecular weight is 489 g/mol. The first kappa shape index (κ1) is 23.6. The number of hydrogen-bond acceptors (Lipinski definition) is 4. The number of alkyl halides is 3. The van der Waals surface area contributed by atoms with Crippen LogP contribution in [0.3, 0.4) is 0 Å². The van der Waals surface area contributed by atoms with E-state index in [9.17, 15) is 18.0 Å². The second-order valence-electron chi connectivity index (χ2n) is 7.79. The van der Waals surface area contributed by atoms with E-state index in [1.54, 1.807) is 37.3 Å². The van der Waals surface area contributed by atoms with Crippen molar-refractivity contribution in [2.24, 2.45) is 0 Å². The minimum atomic E-state index is -4.68. The zero-order valence-electron chi connectivity index (χ0n) is 18.5. The van der Waals surface area contributed by atoms with E-state index >= 15 is 0 Å². The Balaban J connectivity index is 1.68. The molecule has 4 aromatic rings. The zero-order valence-corrected chi connectivity index (χ0v) is 19.3. The van der Waals surface area contributed by atoms with Crippen LogP contribution in [-0.2, 0) is 11.0 Å². The number of halogens is 4. The molecule has 0 aliphatic carbocycles. The maximum atomic E-state index is 13.9. The van der Waals surface area contributed by atoms with Gasteiger partial charge in [-0.05, 0) is 50.6 Å². The molecule has 2 heterocycles. The van der Waals surface area contributed by atoms with Gasteiger partial charge in [-0.3, -0.25) is 4.79 Å². The molecule has 0 aliphatic heterocycles. The number of carbonyl (C=O) groups is 1. The van der Waals surface area contributed by atoms with Gasteiger partial charge in [-0.1, -0.05) is 35.4 Å². The largest absolute Gasteiger partial charge is 0.467 e. The number of anilines is 1. The van der Waals surface area contributed by atoms with Crippen molar-refractivity contribution in [1.82, 2.24) is 14.8 Å². The van der Waals surface area contributed by atoms with Crippen LogP contribution in [0.25, 0.3) is 16.7 Å². The Hall–Kier alpha value is -3.59. The van der Waals surface area contributed by atoms with Gasteiger partial charge in [0.1, 0.15) is 0 Å². The molecule has 34 heavy (non-hydrogen) atoms. The van der Waals surface area contributed by atoms with Gasteiger partial charge in [0, 0.05) is 16.8 Å².